The molecule has 3 aromatic carbocycles. The summed E-state index contributed by atoms with van der Waals surface area (Å²) < 4.78 is 174. The topological polar surface area (TPSA) is 84.5 Å². The second kappa shape index (κ2) is 11.9. The van der Waals surface area contributed by atoms with E-state index in [2.05, 4.69) is 4.18 Å². The summed E-state index contributed by atoms with van der Waals surface area (Å²) in [5, 5.41) is 3.40. The van der Waals surface area contributed by atoms with Crippen molar-refractivity contribution < 1.29 is 65.7 Å². The number of amides is 2. The average molecular weight is 650 g/mol. The van der Waals surface area contributed by atoms with Crippen molar-refractivity contribution in [3.05, 3.63) is 101 Å². The maximum atomic E-state index is 14.8. The molecule has 2 N–H and O–H groups in total. The van der Waals surface area contributed by atoms with Crippen molar-refractivity contribution in [3.8, 4) is 5.75 Å². The molecule has 2 amide bonds. The Kier molecular flexibility index (Phi) is 9.24. The van der Waals surface area contributed by atoms with Gasteiger partial charge in [0.05, 0.1) is 11.1 Å². The Labute approximate surface area is 235 Å². The first kappa shape index (κ1) is 33.4. The minimum atomic E-state index is -6.42. The van der Waals surface area contributed by atoms with Gasteiger partial charge in [0, 0.05) is 12.5 Å². The van der Waals surface area contributed by atoms with E-state index in [-0.39, 0.29) is 23.8 Å². The third kappa shape index (κ3) is 8.26. The fourth-order valence-electron chi connectivity index (χ4n) is 3.92. The van der Waals surface area contributed by atoms with E-state index in [4.69, 9.17) is 0 Å². The molecule has 0 bridgehead atoms. The molecule has 1 atom stereocenters. The first-order valence-corrected chi connectivity index (χ1v) is 12.9. The van der Waals surface area contributed by atoms with Gasteiger partial charge in [-0.3, -0.25) is 0 Å². The smallest absolute Gasteiger partial charge is 0.376 e. The lowest BCUT2D eigenvalue weighted by Crippen LogP contribution is -2.53. The van der Waals surface area contributed by atoms with E-state index in [1.54, 1.807) is 0 Å². The summed E-state index contributed by atoms with van der Waals surface area (Å²) >= 11 is 0. The molecular weight excluding hydrogens is 633 g/mol. The van der Waals surface area contributed by atoms with E-state index >= 15 is 0 Å². The number of rotatable bonds is 8. The van der Waals surface area contributed by atoms with Gasteiger partial charge in [0.15, 0.2) is 0 Å². The van der Waals surface area contributed by atoms with E-state index in [0.717, 1.165) is 0 Å². The second-order valence-corrected chi connectivity index (χ2v) is 10.4. The van der Waals surface area contributed by atoms with Crippen molar-refractivity contribution in [1.29, 1.82) is 0 Å². The van der Waals surface area contributed by atoms with Crippen molar-refractivity contribution in [2.45, 2.75) is 29.8 Å². The molecule has 6 nitrogen and oxygen atoms in total. The molecule has 0 heterocycles. The fraction of sp³-hybridized carbons (Fsp3) is 0.240. The van der Waals surface area contributed by atoms with Crippen LogP contribution in [0.3, 0.4) is 0 Å². The zero-order chi connectivity index (χ0) is 32.4. The molecule has 0 aliphatic heterocycles. The molecule has 0 radical (unpaired) electrons. The van der Waals surface area contributed by atoms with Crippen molar-refractivity contribution in [2.24, 2.45) is 0 Å². The van der Waals surface area contributed by atoms with Crippen LogP contribution in [0.4, 0.5) is 53.1 Å². The first-order valence-electron chi connectivity index (χ1n) is 11.5. The predicted molar refractivity (Wildman–Crippen MR) is 127 cm³/mol. The van der Waals surface area contributed by atoms with E-state index in [1.165, 1.54) is 35.6 Å². The molecule has 0 fully saturated rings. The highest BCUT2D eigenvalue weighted by atomic mass is 32.2. The van der Waals surface area contributed by atoms with Crippen molar-refractivity contribution in [3.63, 3.8) is 0 Å². The number of carbonyl (C=O) groups is 1. The van der Waals surface area contributed by atoms with Crippen LogP contribution in [0.2, 0.25) is 0 Å². The monoisotopic (exact) mass is 650 g/mol. The molecule has 0 spiro atoms. The quantitative estimate of drug-likeness (QED) is 0.164. The minimum absolute atomic E-state index is 0.117. The molecule has 3 aromatic rings. The van der Waals surface area contributed by atoms with Gasteiger partial charge < -0.3 is 14.8 Å². The van der Waals surface area contributed by atoms with Crippen molar-refractivity contribution >= 4 is 16.1 Å². The zero-order valence-electron chi connectivity index (χ0n) is 21.0. The van der Waals surface area contributed by atoms with Gasteiger partial charge in [0.2, 0.25) is 0 Å². The SMILES string of the molecule is O=C(NCC(F)(F)F)N[C@@](Cc1ccccc1)(c1cc(F)cc(OS(=O)(=O)C(F)(F)F)c1)c1ccc(F)c(C(F)(F)F)c1. The normalized spacial score (nSPS) is 14.1. The summed E-state index contributed by atoms with van der Waals surface area (Å²) in [6.07, 6.45) is -11.1. The Hall–Kier alpha value is -4.09. The number of urea groups is 1. The van der Waals surface area contributed by atoms with Crippen molar-refractivity contribution in [1.82, 2.24) is 10.6 Å². The summed E-state index contributed by atoms with van der Waals surface area (Å²) in [5.74, 6) is -4.70. The summed E-state index contributed by atoms with van der Waals surface area (Å²) in [6.45, 7) is -1.96. The summed E-state index contributed by atoms with van der Waals surface area (Å²) in [4.78, 5) is 12.7. The van der Waals surface area contributed by atoms with Crippen LogP contribution in [0.15, 0.2) is 66.7 Å². The van der Waals surface area contributed by atoms with Crippen LogP contribution in [-0.4, -0.2) is 32.7 Å². The Balaban J connectivity index is 2.36. The van der Waals surface area contributed by atoms with Crippen LogP contribution >= 0.6 is 0 Å². The number of nitrogens with one attached hydrogen (secondary N) is 2. The number of carbonyl (C=O) groups excluding carboxylic acids is 1. The molecule has 234 valence electrons. The van der Waals surface area contributed by atoms with Crippen LogP contribution in [0.1, 0.15) is 22.3 Å². The highest BCUT2D eigenvalue weighted by Gasteiger charge is 2.49. The highest BCUT2D eigenvalue weighted by molar-refractivity contribution is 7.88. The second-order valence-electron chi connectivity index (χ2n) is 8.84. The molecule has 18 heteroatoms. The van der Waals surface area contributed by atoms with Gasteiger partial charge in [0.25, 0.3) is 0 Å². The maximum Gasteiger partial charge on any atom is 0.534 e. The molecule has 0 unspecified atom stereocenters. The fourth-order valence-corrected chi connectivity index (χ4v) is 4.36. The van der Waals surface area contributed by atoms with E-state index in [0.29, 0.717) is 18.2 Å². The molecule has 0 aliphatic rings. The molecule has 0 aromatic heterocycles. The largest absolute Gasteiger partial charge is 0.534 e. The maximum absolute atomic E-state index is 14.8. The van der Waals surface area contributed by atoms with Gasteiger partial charge in [0.1, 0.15) is 23.9 Å². The van der Waals surface area contributed by atoms with Crippen LogP contribution in [0.25, 0.3) is 0 Å². The first-order chi connectivity index (χ1) is 19.6. The Morgan fingerprint density at radius 3 is 1.98 bits per heavy atom. The van der Waals surface area contributed by atoms with Gasteiger partial charge in [-0.15, -0.1) is 0 Å². The summed E-state index contributed by atoms with van der Waals surface area (Å²) in [7, 11) is -6.42. The molecule has 0 saturated carbocycles. The van der Waals surface area contributed by atoms with Crippen LogP contribution in [-0.2, 0) is 28.3 Å². The molecule has 0 saturated heterocycles. The predicted octanol–water partition coefficient (Wildman–Crippen LogP) is 6.56. The molecular formula is C25H17F11N2O4S. The van der Waals surface area contributed by atoms with Gasteiger partial charge in [-0.1, -0.05) is 36.4 Å². The Morgan fingerprint density at radius 2 is 1.42 bits per heavy atom. The third-order valence-corrected chi connectivity index (χ3v) is 6.69. The summed E-state index contributed by atoms with van der Waals surface area (Å²) in [5.41, 5.74) is -12.0. The zero-order valence-corrected chi connectivity index (χ0v) is 21.8. The van der Waals surface area contributed by atoms with Crippen LogP contribution in [0, 0.1) is 11.6 Å². The third-order valence-electron chi connectivity index (χ3n) is 5.71. The number of alkyl halides is 9. The minimum Gasteiger partial charge on any atom is -0.376 e. The molecule has 0 aliphatic carbocycles. The van der Waals surface area contributed by atoms with Crippen molar-refractivity contribution in [2.75, 3.05) is 6.54 Å². The lowest BCUT2D eigenvalue weighted by molar-refractivity contribution is -0.140. The average Bonchev–Trinajstić information content (AvgIpc) is 2.85. The van der Waals surface area contributed by atoms with Crippen LogP contribution < -0.4 is 14.8 Å². The lowest BCUT2D eigenvalue weighted by atomic mass is 9.77. The Bertz CT molecular complexity index is 1570. The van der Waals surface area contributed by atoms with E-state index in [9.17, 15) is 61.5 Å². The van der Waals surface area contributed by atoms with Gasteiger partial charge in [-0.2, -0.15) is 47.9 Å². The van der Waals surface area contributed by atoms with Gasteiger partial charge >= 0.3 is 34.0 Å². The summed E-state index contributed by atoms with van der Waals surface area (Å²) in [6, 6.07) is 7.34. The number of benzene rings is 3. The molecule has 43 heavy (non-hydrogen) atoms. The molecule has 3 rings (SSSR count). The van der Waals surface area contributed by atoms with Gasteiger partial charge in [-0.05, 0) is 41.0 Å². The number of halogens is 11. The lowest BCUT2D eigenvalue weighted by Gasteiger charge is -2.37. The van der Waals surface area contributed by atoms with E-state index in [1.807, 2.05) is 5.32 Å². The Morgan fingerprint density at radius 1 is 0.791 bits per heavy atom. The van der Waals surface area contributed by atoms with Crippen LogP contribution in [0.5, 0.6) is 5.75 Å². The van der Waals surface area contributed by atoms with Gasteiger partial charge in [-0.25, -0.2) is 13.6 Å². The highest BCUT2D eigenvalue weighted by Crippen LogP contribution is 2.40. The standard InChI is InChI=1S/C25H17F11N2O4S/c26-17-8-16(9-18(11-17)42-43(40,41)25(34,35)36)22(12-14-4-2-1-3-5-14,38-21(39)37-13-23(28,29)30)15-6-7-20(27)19(10-15)24(31,32)33/h1-11H,12-13H2,(H2,37,38,39)/t22-/m1/s1. The van der Waals surface area contributed by atoms with E-state index < -0.39 is 86.6 Å². The number of hydrogen-bond acceptors (Lipinski definition) is 4. The number of hydrogen-bond donors (Lipinski definition) is 2.